The molecule has 4 rings (SSSR count). The number of likely N-dealkylation sites (tertiary alicyclic amines) is 1. The number of hydrogen-bond acceptors (Lipinski definition) is 5. The Labute approximate surface area is 170 Å². The van der Waals surface area contributed by atoms with Crippen molar-refractivity contribution in [1.29, 1.82) is 0 Å². The second-order valence-corrected chi connectivity index (χ2v) is 7.66. The molecule has 29 heavy (non-hydrogen) atoms. The van der Waals surface area contributed by atoms with E-state index in [1.807, 2.05) is 49.4 Å². The number of carbonyl (C=O) groups is 1. The first kappa shape index (κ1) is 19.3. The molecule has 2 heterocycles. The molecule has 150 valence electrons. The lowest BCUT2D eigenvalue weighted by molar-refractivity contribution is -0.121. The number of amides is 1. The fraction of sp³-hybridized carbons (Fsp3) is 0.348. The molecule has 1 aliphatic heterocycles. The van der Waals surface area contributed by atoms with Crippen LogP contribution in [0.2, 0.25) is 0 Å². The third-order valence-electron chi connectivity index (χ3n) is 5.68. The van der Waals surface area contributed by atoms with Crippen molar-refractivity contribution in [3.63, 3.8) is 0 Å². The van der Waals surface area contributed by atoms with Gasteiger partial charge in [-0.05, 0) is 57.0 Å². The Morgan fingerprint density at radius 3 is 2.62 bits per heavy atom. The highest BCUT2D eigenvalue weighted by Gasteiger charge is 2.26. The van der Waals surface area contributed by atoms with E-state index >= 15 is 0 Å². The summed E-state index contributed by atoms with van der Waals surface area (Å²) in [6.07, 6.45) is 1.66. The highest BCUT2D eigenvalue weighted by atomic mass is 16.5. The molecule has 6 nitrogen and oxygen atoms in total. The molecule has 3 aromatic rings. The van der Waals surface area contributed by atoms with Gasteiger partial charge in [0.2, 0.25) is 17.6 Å². The van der Waals surface area contributed by atoms with Crippen LogP contribution in [-0.2, 0) is 11.3 Å². The predicted molar refractivity (Wildman–Crippen MR) is 112 cm³/mol. The molecule has 0 atom stereocenters. The number of benzene rings is 2. The molecule has 0 spiro atoms. The van der Waals surface area contributed by atoms with E-state index in [9.17, 15) is 4.79 Å². The minimum absolute atomic E-state index is 0.0359. The Bertz CT molecular complexity index is 976. The van der Waals surface area contributed by atoms with Gasteiger partial charge in [0.05, 0.1) is 6.54 Å². The largest absolute Gasteiger partial charge is 0.338 e. The highest BCUT2D eigenvalue weighted by molar-refractivity contribution is 5.93. The predicted octanol–water partition coefficient (Wildman–Crippen LogP) is 4.20. The number of aryl methyl sites for hydroxylation is 1. The molecule has 1 saturated heterocycles. The van der Waals surface area contributed by atoms with Crippen LogP contribution in [0, 0.1) is 19.8 Å². The summed E-state index contributed by atoms with van der Waals surface area (Å²) in [5.41, 5.74) is 4.18. The Kier molecular flexibility index (Phi) is 5.71. The van der Waals surface area contributed by atoms with Crippen molar-refractivity contribution in [2.24, 2.45) is 5.92 Å². The quantitative estimate of drug-likeness (QED) is 0.707. The highest BCUT2D eigenvalue weighted by Crippen LogP contribution is 2.24. The third-order valence-corrected chi connectivity index (χ3v) is 5.68. The van der Waals surface area contributed by atoms with Gasteiger partial charge in [-0.15, -0.1) is 0 Å². The summed E-state index contributed by atoms with van der Waals surface area (Å²) in [4.78, 5) is 19.5. The van der Waals surface area contributed by atoms with Crippen LogP contribution in [-0.4, -0.2) is 34.0 Å². The zero-order valence-corrected chi connectivity index (χ0v) is 16.9. The molecule has 1 aliphatic rings. The van der Waals surface area contributed by atoms with Gasteiger partial charge >= 0.3 is 0 Å². The molecule has 1 aromatic heterocycles. The van der Waals surface area contributed by atoms with Crippen LogP contribution < -0.4 is 5.32 Å². The summed E-state index contributed by atoms with van der Waals surface area (Å²) in [5, 5.41) is 7.19. The molecule has 2 aromatic carbocycles. The lowest BCUT2D eigenvalue weighted by Crippen LogP contribution is -2.37. The van der Waals surface area contributed by atoms with Gasteiger partial charge in [-0.3, -0.25) is 9.69 Å². The Morgan fingerprint density at radius 2 is 1.86 bits per heavy atom. The summed E-state index contributed by atoms with van der Waals surface area (Å²) >= 11 is 0. The molecular formula is C23H26N4O2. The Hall–Kier alpha value is -2.99. The molecule has 0 saturated carbocycles. The second-order valence-electron chi connectivity index (χ2n) is 7.66. The first-order valence-electron chi connectivity index (χ1n) is 10.1. The molecule has 1 amide bonds. The first-order chi connectivity index (χ1) is 14.1. The molecule has 1 fully saturated rings. The number of aromatic nitrogens is 2. The maximum atomic E-state index is 12.7. The van der Waals surface area contributed by atoms with Gasteiger partial charge in [-0.25, -0.2) is 0 Å². The molecular weight excluding hydrogens is 364 g/mol. The van der Waals surface area contributed by atoms with E-state index in [1.54, 1.807) is 0 Å². The first-order valence-corrected chi connectivity index (χ1v) is 10.1. The van der Waals surface area contributed by atoms with Crippen LogP contribution in [0.1, 0.15) is 29.9 Å². The average Bonchev–Trinajstić information content (AvgIpc) is 3.21. The normalized spacial score (nSPS) is 15.4. The van der Waals surface area contributed by atoms with Crippen LogP contribution in [0.4, 0.5) is 5.69 Å². The van der Waals surface area contributed by atoms with Gasteiger partial charge in [-0.1, -0.05) is 47.6 Å². The van der Waals surface area contributed by atoms with Crippen molar-refractivity contribution in [2.75, 3.05) is 18.4 Å². The monoisotopic (exact) mass is 390 g/mol. The molecule has 0 bridgehead atoms. The maximum Gasteiger partial charge on any atom is 0.241 e. The molecule has 0 aliphatic carbocycles. The Morgan fingerprint density at radius 1 is 1.10 bits per heavy atom. The van der Waals surface area contributed by atoms with E-state index in [2.05, 4.69) is 33.3 Å². The van der Waals surface area contributed by atoms with E-state index in [-0.39, 0.29) is 11.8 Å². The number of nitrogens with zero attached hydrogens (tertiary/aromatic N) is 3. The smallest absolute Gasteiger partial charge is 0.241 e. The van der Waals surface area contributed by atoms with Crippen molar-refractivity contribution in [3.8, 4) is 11.4 Å². The number of rotatable bonds is 5. The van der Waals surface area contributed by atoms with Gasteiger partial charge in [0.15, 0.2) is 0 Å². The lowest BCUT2D eigenvalue weighted by Gasteiger charge is -2.30. The zero-order chi connectivity index (χ0) is 20.2. The van der Waals surface area contributed by atoms with Crippen LogP contribution in [0.3, 0.4) is 0 Å². The number of nitrogens with one attached hydrogen (secondary N) is 1. The van der Waals surface area contributed by atoms with Crippen molar-refractivity contribution in [1.82, 2.24) is 15.0 Å². The van der Waals surface area contributed by atoms with Crippen molar-refractivity contribution in [2.45, 2.75) is 33.2 Å². The maximum absolute atomic E-state index is 12.7. The molecule has 0 radical (unpaired) electrons. The van der Waals surface area contributed by atoms with E-state index in [1.165, 1.54) is 5.56 Å². The number of anilines is 1. The minimum atomic E-state index is 0.0359. The summed E-state index contributed by atoms with van der Waals surface area (Å²) in [7, 11) is 0. The van der Waals surface area contributed by atoms with E-state index < -0.39 is 0 Å². The van der Waals surface area contributed by atoms with Gasteiger partial charge < -0.3 is 9.84 Å². The second kappa shape index (κ2) is 8.57. The minimum Gasteiger partial charge on any atom is -0.338 e. The van der Waals surface area contributed by atoms with Gasteiger partial charge in [0.1, 0.15) is 0 Å². The summed E-state index contributed by atoms with van der Waals surface area (Å²) in [5.74, 6) is 1.38. The summed E-state index contributed by atoms with van der Waals surface area (Å²) < 4.78 is 5.42. The molecule has 6 heteroatoms. The number of carbonyl (C=O) groups excluding carboxylic acids is 1. The zero-order valence-electron chi connectivity index (χ0n) is 16.9. The van der Waals surface area contributed by atoms with Crippen LogP contribution in [0.25, 0.3) is 11.4 Å². The van der Waals surface area contributed by atoms with Crippen LogP contribution in [0.5, 0.6) is 0 Å². The number of hydrogen-bond donors (Lipinski definition) is 1. The van der Waals surface area contributed by atoms with Gasteiger partial charge in [0.25, 0.3) is 0 Å². The summed E-state index contributed by atoms with van der Waals surface area (Å²) in [6, 6.07) is 15.8. The lowest BCUT2D eigenvalue weighted by atomic mass is 9.95. The standard InChI is InChI=1S/C23H26N4O2/c1-16-7-6-10-20(17(16)2)24-23(28)19-11-13-27(14-12-19)15-21-25-22(26-29-21)18-8-4-3-5-9-18/h3-10,19H,11-15H2,1-2H3,(H,24,28). The van der Waals surface area contributed by atoms with Crippen molar-refractivity contribution < 1.29 is 9.32 Å². The number of piperidine rings is 1. The van der Waals surface area contributed by atoms with Gasteiger partial charge in [-0.2, -0.15) is 4.98 Å². The average molecular weight is 390 g/mol. The van der Waals surface area contributed by atoms with E-state index in [4.69, 9.17) is 4.52 Å². The topological polar surface area (TPSA) is 71.3 Å². The third kappa shape index (κ3) is 4.54. The van der Waals surface area contributed by atoms with E-state index in [0.29, 0.717) is 18.3 Å². The SMILES string of the molecule is Cc1cccc(NC(=O)C2CCN(Cc3nc(-c4ccccc4)no3)CC2)c1C. The summed E-state index contributed by atoms with van der Waals surface area (Å²) in [6.45, 7) is 6.40. The molecule has 0 unspecified atom stereocenters. The molecule has 1 N–H and O–H groups in total. The van der Waals surface area contributed by atoms with Gasteiger partial charge in [0, 0.05) is 17.2 Å². The van der Waals surface area contributed by atoms with Crippen molar-refractivity contribution >= 4 is 11.6 Å². The Balaban J connectivity index is 1.30. The fourth-order valence-corrected chi connectivity index (χ4v) is 3.69. The van der Waals surface area contributed by atoms with E-state index in [0.717, 1.165) is 42.7 Å². The van der Waals surface area contributed by atoms with Crippen LogP contribution in [0.15, 0.2) is 53.1 Å². The van der Waals surface area contributed by atoms with Crippen molar-refractivity contribution in [3.05, 3.63) is 65.5 Å². The fourth-order valence-electron chi connectivity index (χ4n) is 3.69. The van der Waals surface area contributed by atoms with Crippen LogP contribution >= 0.6 is 0 Å².